The second kappa shape index (κ2) is 6.66. The third-order valence-corrected chi connectivity index (χ3v) is 5.16. The van der Waals surface area contributed by atoms with E-state index < -0.39 is 26.3 Å². The van der Waals surface area contributed by atoms with Gasteiger partial charge in [0.25, 0.3) is 9.84 Å². The molecule has 0 saturated heterocycles. The summed E-state index contributed by atoms with van der Waals surface area (Å²) in [4.78, 5) is -0.894. The van der Waals surface area contributed by atoms with Gasteiger partial charge < -0.3 is 14.6 Å². The molecule has 1 aromatic rings. The molecule has 0 heterocycles. The molecule has 0 aliphatic heterocycles. The van der Waals surface area contributed by atoms with Crippen molar-refractivity contribution in [1.29, 1.82) is 0 Å². The van der Waals surface area contributed by atoms with E-state index in [9.17, 15) is 26.7 Å². The first-order valence-electron chi connectivity index (χ1n) is 6.97. The molecule has 0 saturated carbocycles. The topological polar surface area (TPSA) is 72.8 Å². The van der Waals surface area contributed by atoms with Crippen molar-refractivity contribution in [2.75, 3.05) is 20.3 Å². The summed E-state index contributed by atoms with van der Waals surface area (Å²) in [5.41, 5.74) is -5.30. The Bertz CT molecular complexity index is 670. The Kier molecular flexibility index (Phi) is 5.22. The third-order valence-electron chi connectivity index (χ3n) is 3.62. The van der Waals surface area contributed by atoms with E-state index >= 15 is 0 Å². The summed E-state index contributed by atoms with van der Waals surface area (Å²) in [6, 6.07) is 2.06. The highest BCUT2D eigenvalue weighted by atomic mass is 32.2. The Morgan fingerprint density at radius 1 is 1.30 bits per heavy atom. The minimum Gasteiger partial charge on any atom is -0.493 e. The van der Waals surface area contributed by atoms with E-state index in [2.05, 4.69) is 0 Å². The van der Waals surface area contributed by atoms with E-state index in [-0.39, 0.29) is 25.0 Å². The highest BCUT2D eigenvalue weighted by molar-refractivity contribution is 7.92. The fourth-order valence-electron chi connectivity index (χ4n) is 2.55. The molecule has 0 aromatic heterocycles. The first kappa shape index (κ1) is 18.0. The van der Waals surface area contributed by atoms with E-state index in [1.807, 2.05) is 0 Å². The minimum absolute atomic E-state index is 0.161. The third kappa shape index (κ3) is 3.46. The van der Waals surface area contributed by atoms with Crippen LogP contribution >= 0.6 is 0 Å². The standard InChI is InChI=1S/C14H17F3O5S/c1-21-7-2-8-22-11-5-6-12(23(19,20)14(15,16)17)13-9(11)3-4-10(13)18/h5-6,10,18H,2-4,7-8H2,1H3. The van der Waals surface area contributed by atoms with Crippen LogP contribution in [0, 0.1) is 0 Å². The second-order valence-corrected chi connectivity index (χ2v) is 7.06. The summed E-state index contributed by atoms with van der Waals surface area (Å²) in [5, 5.41) is 9.92. The molecule has 23 heavy (non-hydrogen) atoms. The Hall–Kier alpha value is -1.32. The molecule has 1 aliphatic carbocycles. The Morgan fingerprint density at radius 3 is 2.61 bits per heavy atom. The summed E-state index contributed by atoms with van der Waals surface area (Å²) < 4.78 is 72.1. The second-order valence-electron chi connectivity index (χ2n) is 5.15. The molecular formula is C14H17F3O5S. The highest BCUT2D eigenvalue weighted by Crippen LogP contribution is 2.44. The van der Waals surface area contributed by atoms with E-state index in [0.29, 0.717) is 24.3 Å². The van der Waals surface area contributed by atoms with Gasteiger partial charge in [-0.25, -0.2) is 8.42 Å². The quantitative estimate of drug-likeness (QED) is 0.794. The van der Waals surface area contributed by atoms with Gasteiger partial charge in [0.1, 0.15) is 5.75 Å². The molecule has 1 N–H and O–H groups in total. The van der Waals surface area contributed by atoms with Crippen LogP contribution < -0.4 is 4.74 Å². The molecule has 130 valence electrons. The number of sulfone groups is 1. The summed E-state index contributed by atoms with van der Waals surface area (Å²) in [6.07, 6.45) is -0.248. The zero-order valence-corrected chi connectivity index (χ0v) is 13.2. The van der Waals surface area contributed by atoms with Crippen molar-refractivity contribution in [3.63, 3.8) is 0 Å². The number of aliphatic hydroxyl groups is 1. The van der Waals surface area contributed by atoms with Crippen LogP contribution in [0.5, 0.6) is 5.75 Å². The number of hydrogen-bond donors (Lipinski definition) is 1. The number of hydrogen-bond acceptors (Lipinski definition) is 5. The van der Waals surface area contributed by atoms with E-state index in [1.165, 1.54) is 13.2 Å². The molecule has 1 atom stereocenters. The predicted molar refractivity (Wildman–Crippen MR) is 75.0 cm³/mol. The van der Waals surface area contributed by atoms with Gasteiger partial charge in [0.15, 0.2) is 0 Å². The van der Waals surface area contributed by atoms with Crippen molar-refractivity contribution in [2.24, 2.45) is 0 Å². The maximum atomic E-state index is 12.8. The number of aliphatic hydroxyl groups excluding tert-OH is 1. The van der Waals surface area contributed by atoms with E-state index in [0.717, 1.165) is 6.07 Å². The lowest BCUT2D eigenvalue weighted by Gasteiger charge is -2.17. The van der Waals surface area contributed by atoms with Gasteiger partial charge in [-0.05, 0) is 25.0 Å². The zero-order chi connectivity index (χ0) is 17.3. The average Bonchev–Trinajstić information content (AvgIpc) is 2.85. The highest BCUT2D eigenvalue weighted by Gasteiger charge is 2.49. The van der Waals surface area contributed by atoms with Crippen LogP contribution in [0.2, 0.25) is 0 Å². The number of rotatable bonds is 6. The summed E-state index contributed by atoms with van der Waals surface area (Å²) >= 11 is 0. The average molecular weight is 354 g/mol. The molecule has 1 aromatic carbocycles. The normalized spacial score (nSPS) is 18.0. The van der Waals surface area contributed by atoms with Crippen LogP contribution in [-0.4, -0.2) is 39.4 Å². The summed E-state index contributed by atoms with van der Waals surface area (Å²) in [6.45, 7) is 0.743. The van der Waals surface area contributed by atoms with Gasteiger partial charge >= 0.3 is 5.51 Å². The molecule has 0 radical (unpaired) electrons. The maximum absolute atomic E-state index is 12.8. The van der Waals surface area contributed by atoms with Gasteiger partial charge in [0.05, 0.1) is 17.6 Å². The fourth-order valence-corrected chi connectivity index (χ4v) is 3.60. The van der Waals surface area contributed by atoms with Crippen molar-refractivity contribution < 1.29 is 36.2 Å². The Morgan fingerprint density at radius 2 is 2.00 bits per heavy atom. The van der Waals surface area contributed by atoms with Gasteiger partial charge in [-0.2, -0.15) is 13.2 Å². The van der Waals surface area contributed by atoms with Crippen molar-refractivity contribution in [3.05, 3.63) is 23.3 Å². The van der Waals surface area contributed by atoms with Crippen molar-refractivity contribution >= 4 is 9.84 Å². The van der Waals surface area contributed by atoms with Crippen molar-refractivity contribution in [3.8, 4) is 5.75 Å². The Balaban J connectivity index is 2.40. The molecule has 0 amide bonds. The molecule has 1 aliphatic rings. The van der Waals surface area contributed by atoms with Crippen molar-refractivity contribution in [1.82, 2.24) is 0 Å². The van der Waals surface area contributed by atoms with Gasteiger partial charge in [0, 0.05) is 31.3 Å². The van der Waals surface area contributed by atoms with Crippen molar-refractivity contribution in [2.45, 2.75) is 35.8 Å². The zero-order valence-electron chi connectivity index (χ0n) is 12.4. The molecule has 1 unspecified atom stereocenters. The van der Waals surface area contributed by atoms with Gasteiger partial charge in [-0.1, -0.05) is 0 Å². The molecule has 0 bridgehead atoms. The smallest absolute Gasteiger partial charge is 0.493 e. The molecular weight excluding hydrogens is 337 g/mol. The molecule has 0 spiro atoms. The van der Waals surface area contributed by atoms with E-state index in [1.54, 1.807) is 0 Å². The van der Waals surface area contributed by atoms with Crippen LogP contribution in [0.4, 0.5) is 13.2 Å². The van der Waals surface area contributed by atoms with Crippen LogP contribution in [0.3, 0.4) is 0 Å². The predicted octanol–water partition coefficient (Wildman–Crippen LogP) is 2.38. The van der Waals surface area contributed by atoms with E-state index in [4.69, 9.17) is 9.47 Å². The lowest BCUT2D eigenvalue weighted by Crippen LogP contribution is -2.25. The number of alkyl halides is 3. The molecule has 2 rings (SSSR count). The molecule has 5 nitrogen and oxygen atoms in total. The van der Waals surface area contributed by atoms with Crippen LogP contribution in [0.15, 0.2) is 17.0 Å². The van der Waals surface area contributed by atoms with Gasteiger partial charge in [-0.15, -0.1) is 0 Å². The Labute approximate surface area is 131 Å². The number of methoxy groups -OCH3 is 1. The van der Waals surface area contributed by atoms with Crippen LogP contribution in [-0.2, 0) is 21.0 Å². The maximum Gasteiger partial charge on any atom is 0.501 e. The monoisotopic (exact) mass is 354 g/mol. The minimum atomic E-state index is -5.52. The van der Waals surface area contributed by atoms with Crippen LogP contribution in [0.25, 0.3) is 0 Å². The van der Waals surface area contributed by atoms with Gasteiger partial charge in [-0.3, -0.25) is 0 Å². The first-order valence-corrected chi connectivity index (χ1v) is 8.45. The summed E-state index contributed by atoms with van der Waals surface area (Å²) in [5.74, 6) is 0.300. The summed E-state index contributed by atoms with van der Waals surface area (Å²) in [7, 11) is -3.98. The number of benzene rings is 1. The lowest BCUT2D eigenvalue weighted by atomic mass is 10.1. The SMILES string of the molecule is COCCCOc1ccc(S(=O)(=O)C(F)(F)F)c2c1CCC2O. The number of fused-ring (bicyclic) bond motifs is 1. The largest absolute Gasteiger partial charge is 0.501 e. The molecule has 9 heteroatoms. The first-order chi connectivity index (χ1) is 10.7. The lowest BCUT2D eigenvalue weighted by molar-refractivity contribution is -0.0437. The number of ether oxygens (including phenoxy) is 2. The van der Waals surface area contributed by atoms with Crippen LogP contribution in [0.1, 0.15) is 30.1 Å². The number of halogens is 3. The fraction of sp³-hybridized carbons (Fsp3) is 0.571. The van der Waals surface area contributed by atoms with Gasteiger partial charge in [0.2, 0.25) is 0 Å². The molecule has 0 fully saturated rings.